The Hall–Kier alpha value is -1.62. The van der Waals surface area contributed by atoms with E-state index in [9.17, 15) is 10.1 Å². The van der Waals surface area contributed by atoms with E-state index in [1.165, 1.54) is 6.07 Å². The zero-order chi connectivity index (χ0) is 9.68. The molecule has 0 atom stereocenters. The van der Waals surface area contributed by atoms with Crippen molar-refractivity contribution in [1.82, 2.24) is 5.48 Å². The highest BCUT2D eigenvalue weighted by Gasteiger charge is 2.13. The molecule has 0 aliphatic rings. The molecule has 1 aromatic rings. The van der Waals surface area contributed by atoms with Gasteiger partial charge in [0.2, 0.25) is 5.75 Å². The third-order valence-corrected chi connectivity index (χ3v) is 1.39. The molecular formula is C8H10N2O3. The van der Waals surface area contributed by atoms with Crippen molar-refractivity contribution in [3.05, 3.63) is 34.4 Å². The molecule has 1 N–H and O–H groups in total. The first-order valence-corrected chi connectivity index (χ1v) is 3.89. The standard InChI is InChI=1S/C8H10N2O3/c1-2-9-13-8-6-4-3-5-7(8)10(11)12/h3-6,9H,2H2,1H3. The van der Waals surface area contributed by atoms with E-state index in [0.717, 1.165) is 0 Å². The minimum Gasteiger partial charge on any atom is -0.401 e. The van der Waals surface area contributed by atoms with Crippen molar-refractivity contribution < 1.29 is 9.76 Å². The Kier molecular flexibility index (Phi) is 3.22. The molecule has 0 amide bonds. The SMILES string of the molecule is CCNOc1ccccc1[N+](=O)[O-]. The van der Waals surface area contributed by atoms with Gasteiger partial charge in [0.15, 0.2) is 0 Å². The third-order valence-electron chi connectivity index (χ3n) is 1.39. The number of hydrogen-bond acceptors (Lipinski definition) is 4. The van der Waals surface area contributed by atoms with Gasteiger partial charge in [-0.1, -0.05) is 12.1 Å². The van der Waals surface area contributed by atoms with E-state index in [1.54, 1.807) is 18.2 Å². The molecule has 5 heteroatoms. The minimum absolute atomic E-state index is 0.0385. The molecule has 0 aromatic heterocycles. The Balaban J connectivity index is 2.84. The number of nitro groups is 1. The van der Waals surface area contributed by atoms with Crippen molar-refractivity contribution in [2.45, 2.75) is 6.92 Å². The van der Waals surface area contributed by atoms with Crippen LogP contribution in [-0.4, -0.2) is 11.5 Å². The van der Waals surface area contributed by atoms with Gasteiger partial charge >= 0.3 is 5.69 Å². The molecule has 0 bridgehead atoms. The molecule has 0 fully saturated rings. The lowest BCUT2D eigenvalue weighted by atomic mass is 10.3. The van der Waals surface area contributed by atoms with Crippen LogP contribution >= 0.6 is 0 Å². The summed E-state index contributed by atoms with van der Waals surface area (Å²) in [6, 6.07) is 6.21. The lowest BCUT2D eigenvalue weighted by molar-refractivity contribution is -0.386. The lowest BCUT2D eigenvalue weighted by Crippen LogP contribution is -2.17. The number of nitro benzene ring substituents is 1. The smallest absolute Gasteiger partial charge is 0.313 e. The number of nitrogens with one attached hydrogen (secondary N) is 1. The minimum atomic E-state index is -0.479. The van der Waals surface area contributed by atoms with Gasteiger partial charge in [0, 0.05) is 12.6 Å². The van der Waals surface area contributed by atoms with Crippen LogP contribution in [0.25, 0.3) is 0 Å². The van der Waals surface area contributed by atoms with Gasteiger partial charge in [-0.05, 0) is 13.0 Å². The van der Waals surface area contributed by atoms with Gasteiger partial charge in [-0.2, -0.15) is 5.48 Å². The molecule has 0 unspecified atom stereocenters. The van der Waals surface area contributed by atoms with E-state index in [0.29, 0.717) is 6.54 Å². The fourth-order valence-corrected chi connectivity index (χ4v) is 0.844. The van der Waals surface area contributed by atoms with Gasteiger partial charge in [-0.15, -0.1) is 0 Å². The predicted molar refractivity (Wildman–Crippen MR) is 47.4 cm³/mol. The van der Waals surface area contributed by atoms with Crippen LogP contribution in [0.1, 0.15) is 6.92 Å². The molecule has 0 heterocycles. The van der Waals surface area contributed by atoms with E-state index in [4.69, 9.17) is 4.84 Å². The largest absolute Gasteiger partial charge is 0.401 e. The van der Waals surface area contributed by atoms with E-state index < -0.39 is 4.92 Å². The van der Waals surface area contributed by atoms with Gasteiger partial charge in [0.1, 0.15) is 0 Å². The van der Waals surface area contributed by atoms with Gasteiger partial charge in [-0.25, -0.2) is 0 Å². The molecule has 0 saturated heterocycles. The zero-order valence-corrected chi connectivity index (χ0v) is 7.19. The van der Waals surface area contributed by atoms with Crippen LogP contribution < -0.4 is 10.3 Å². The predicted octanol–water partition coefficient (Wildman–Crippen LogP) is 1.50. The fourth-order valence-electron chi connectivity index (χ4n) is 0.844. The van der Waals surface area contributed by atoms with Crippen molar-refractivity contribution in [3.63, 3.8) is 0 Å². The van der Waals surface area contributed by atoms with Crippen molar-refractivity contribution in [1.29, 1.82) is 0 Å². The molecule has 0 aliphatic carbocycles. The highest BCUT2D eigenvalue weighted by atomic mass is 16.7. The van der Waals surface area contributed by atoms with E-state index in [-0.39, 0.29) is 11.4 Å². The average molecular weight is 182 g/mol. The topological polar surface area (TPSA) is 64.4 Å². The Morgan fingerprint density at radius 3 is 2.85 bits per heavy atom. The normalized spacial score (nSPS) is 9.62. The van der Waals surface area contributed by atoms with Gasteiger partial charge in [0.05, 0.1) is 4.92 Å². The van der Waals surface area contributed by atoms with E-state index in [2.05, 4.69) is 5.48 Å². The number of para-hydroxylation sites is 2. The van der Waals surface area contributed by atoms with Gasteiger partial charge in [0.25, 0.3) is 0 Å². The Bertz CT molecular complexity index is 301. The van der Waals surface area contributed by atoms with Crippen molar-refractivity contribution in [2.24, 2.45) is 0 Å². The average Bonchev–Trinajstić information content (AvgIpc) is 2.15. The van der Waals surface area contributed by atoms with Crippen LogP contribution in [0, 0.1) is 10.1 Å². The third kappa shape index (κ3) is 2.41. The Morgan fingerprint density at radius 1 is 1.54 bits per heavy atom. The first-order valence-electron chi connectivity index (χ1n) is 3.89. The Labute approximate surface area is 75.4 Å². The first-order chi connectivity index (χ1) is 6.25. The van der Waals surface area contributed by atoms with Gasteiger partial charge in [-0.3, -0.25) is 10.1 Å². The number of hydrogen-bond donors (Lipinski definition) is 1. The maximum absolute atomic E-state index is 10.5. The summed E-state index contributed by atoms with van der Waals surface area (Å²) in [4.78, 5) is 15.0. The maximum atomic E-state index is 10.5. The van der Waals surface area contributed by atoms with Crippen LogP contribution in [0.4, 0.5) is 5.69 Å². The van der Waals surface area contributed by atoms with Crippen molar-refractivity contribution in [3.8, 4) is 5.75 Å². The second-order valence-corrected chi connectivity index (χ2v) is 2.32. The fraction of sp³-hybridized carbons (Fsp3) is 0.250. The van der Waals surface area contributed by atoms with Crippen LogP contribution in [-0.2, 0) is 0 Å². The van der Waals surface area contributed by atoms with Crippen molar-refractivity contribution in [2.75, 3.05) is 6.54 Å². The summed E-state index contributed by atoms with van der Waals surface area (Å²) in [5.41, 5.74) is 2.52. The number of nitrogens with zero attached hydrogens (tertiary/aromatic N) is 1. The Morgan fingerprint density at radius 2 is 2.23 bits per heavy atom. The molecular weight excluding hydrogens is 172 g/mol. The highest BCUT2D eigenvalue weighted by molar-refractivity contribution is 5.45. The summed E-state index contributed by atoms with van der Waals surface area (Å²) in [7, 11) is 0. The summed E-state index contributed by atoms with van der Waals surface area (Å²) in [5, 5.41) is 10.5. The van der Waals surface area contributed by atoms with E-state index in [1.807, 2.05) is 6.92 Å². The summed E-state index contributed by atoms with van der Waals surface area (Å²) in [6.45, 7) is 2.43. The van der Waals surface area contributed by atoms with Crippen molar-refractivity contribution >= 4 is 5.69 Å². The summed E-state index contributed by atoms with van der Waals surface area (Å²) in [6.07, 6.45) is 0. The first kappa shape index (κ1) is 9.47. The molecule has 0 spiro atoms. The molecule has 0 radical (unpaired) electrons. The van der Waals surface area contributed by atoms with Crippen LogP contribution in [0.15, 0.2) is 24.3 Å². The molecule has 70 valence electrons. The number of hydroxylamine groups is 1. The number of benzene rings is 1. The second kappa shape index (κ2) is 4.42. The van der Waals surface area contributed by atoms with Gasteiger partial charge < -0.3 is 4.84 Å². The molecule has 1 rings (SSSR count). The molecule has 5 nitrogen and oxygen atoms in total. The lowest BCUT2D eigenvalue weighted by Gasteiger charge is -2.04. The summed E-state index contributed by atoms with van der Waals surface area (Å²) >= 11 is 0. The molecule has 0 aliphatic heterocycles. The zero-order valence-electron chi connectivity index (χ0n) is 7.19. The monoisotopic (exact) mass is 182 g/mol. The van der Waals surface area contributed by atoms with Crippen LogP contribution in [0.3, 0.4) is 0 Å². The summed E-state index contributed by atoms with van der Waals surface area (Å²) in [5.74, 6) is 0.231. The summed E-state index contributed by atoms with van der Waals surface area (Å²) < 4.78 is 0. The quantitative estimate of drug-likeness (QED) is 0.566. The van der Waals surface area contributed by atoms with Crippen LogP contribution in [0.2, 0.25) is 0 Å². The molecule has 13 heavy (non-hydrogen) atoms. The maximum Gasteiger partial charge on any atom is 0.313 e. The highest BCUT2D eigenvalue weighted by Crippen LogP contribution is 2.24. The van der Waals surface area contributed by atoms with E-state index >= 15 is 0 Å². The second-order valence-electron chi connectivity index (χ2n) is 2.32. The molecule has 1 aromatic carbocycles. The molecule has 0 saturated carbocycles. The number of rotatable bonds is 4. The van der Waals surface area contributed by atoms with Crippen LogP contribution in [0.5, 0.6) is 5.75 Å².